The van der Waals surface area contributed by atoms with Crippen LogP contribution in [-0.2, 0) is 6.54 Å². The van der Waals surface area contributed by atoms with Gasteiger partial charge in [-0.25, -0.2) is 0 Å². The molecule has 0 amide bonds. The van der Waals surface area contributed by atoms with Gasteiger partial charge in [-0.2, -0.15) is 4.98 Å². The third-order valence-corrected chi connectivity index (χ3v) is 2.63. The molecule has 1 fully saturated rings. The zero-order chi connectivity index (χ0) is 11.7. The van der Waals surface area contributed by atoms with Gasteiger partial charge < -0.3 is 14.8 Å². The molecule has 1 saturated carbocycles. The molecule has 88 valence electrons. The number of nitrogens with zero attached hydrogens (tertiary/aromatic N) is 2. The molecule has 17 heavy (non-hydrogen) atoms. The molecule has 0 spiro atoms. The molecule has 2 aromatic rings. The Hall–Kier alpha value is -1.95. The molecule has 0 saturated heterocycles. The van der Waals surface area contributed by atoms with Gasteiger partial charge in [0.15, 0.2) is 5.82 Å². The van der Waals surface area contributed by atoms with Gasteiger partial charge in [-0.05, 0) is 18.9 Å². The smallest absolute Gasteiger partial charge is 0.259 e. The normalized spacial score (nSPS) is 15.1. The van der Waals surface area contributed by atoms with Crippen LogP contribution in [0.5, 0.6) is 0 Å². The summed E-state index contributed by atoms with van der Waals surface area (Å²) in [6, 6.07) is 3.71. The minimum Gasteiger partial charge on any atom is -0.334 e. The first-order chi connectivity index (χ1) is 8.31. The van der Waals surface area contributed by atoms with Crippen molar-refractivity contribution in [2.75, 3.05) is 0 Å². The average molecular weight is 232 g/mol. The van der Waals surface area contributed by atoms with E-state index in [1.54, 1.807) is 12.3 Å². The zero-order valence-corrected chi connectivity index (χ0v) is 9.14. The Morgan fingerprint density at radius 3 is 3.06 bits per heavy atom. The second kappa shape index (κ2) is 4.14. The van der Waals surface area contributed by atoms with Crippen LogP contribution in [0.2, 0.25) is 0 Å². The quantitative estimate of drug-likeness (QED) is 0.809. The van der Waals surface area contributed by atoms with Gasteiger partial charge in [0.05, 0.1) is 12.1 Å². The highest BCUT2D eigenvalue weighted by molar-refractivity contribution is 5.50. The molecule has 0 bridgehead atoms. The van der Waals surface area contributed by atoms with Crippen molar-refractivity contribution in [2.24, 2.45) is 0 Å². The molecule has 0 radical (unpaired) electrons. The van der Waals surface area contributed by atoms with Crippen LogP contribution in [-0.4, -0.2) is 21.2 Å². The average Bonchev–Trinajstić information content (AvgIpc) is 3.06. The van der Waals surface area contributed by atoms with E-state index in [0.29, 0.717) is 24.3 Å². The summed E-state index contributed by atoms with van der Waals surface area (Å²) < 4.78 is 5.12. The van der Waals surface area contributed by atoms with Crippen molar-refractivity contribution in [3.8, 4) is 11.5 Å². The van der Waals surface area contributed by atoms with Crippen LogP contribution in [0.25, 0.3) is 11.5 Å². The van der Waals surface area contributed by atoms with E-state index in [9.17, 15) is 4.79 Å². The maximum atomic E-state index is 10.9. The van der Waals surface area contributed by atoms with E-state index in [0.717, 1.165) is 5.56 Å². The highest BCUT2D eigenvalue weighted by Crippen LogP contribution is 2.19. The molecule has 2 heterocycles. The van der Waals surface area contributed by atoms with E-state index in [4.69, 9.17) is 4.52 Å². The van der Waals surface area contributed by atoms with Crippen LogP contribution >= 0.6 is 0 Å². The molecule has 1 aliphatic carbocycles. The van der Waals surface area contributed by atoms with Crippen LogP contribution in [0, 0.1) is 0 Å². The Morgan fingerprint density at radius 1 is 1.47 bits per heavy atom. The van der Waals surface area contributed by atoms with Crippen LogP contribution in [0.15, 0.2) is 27.6 Å². The lowest BCUT2D eigenvalue weighted by Gasteiger charge is -1.94. The van der Waals surface area contributed by atoms with Crippen molar-refractivity contribution in [3.05, 3.63) is 34.5 Å². The molecular weight excluding hydrogens is 220 g/mol. The number of pyridine rings is 1. The summed E-state index contributed by atoms with van der Waals surface area (Å²) in [5.41, 5.74) is 0.568. The van der Waals surface area contributed by atoms with E-state index >= 15 is 0 Å². The van der Waals surface area contributed by atoms with Gasteiger partial charge in [0.1, 0.15) is 0 Å². The van der Waals surface area contributed by atoms with Crippen LogP contribution < -0.4 is 10.9 Å². The standard InChI is InChI=1S/C11H12N4O2/c16-10-4-1-7(5-13-10)11-14-9(15-17-11)6-12-8-2-3-8/h1,4-5,8,12H,2-3,6H2,(H,13,16). The Labute approximate surface area is 97.1 Å². The molecule has 0 unspecified atom stereocenters. The fourth-order valence-electron chi connectivity index (χ4n) is 1.51. The SMILES string of the molecule is O=c1ccc(-c2nc(CNC3CC3)no2)c[nH]1. The first kappa shape index (κ1) is 10.2. The largest absolute Gasteiger partial charge is 0.334 e. The van der Waals surface area contributed by atoms with Crippen molar-refractivity contribution in [1.82, 2.24) is 20.4 Å². The molecule has 2 N–H and O–H groups in total. The van der Waals surface area contributed by atoms with Gasteiger partial charge in [0, 0.05) is 18.3 Å². The first-order valence-electron chi connectivity index (χ1n) is 5.56. The molecular formula is C11H12N4O2. The Morgan fingerprint density at radius 2 is 2.35 bits per heavy atom. The lowest BCUT2D eigenvalue weighted by Crippen LogP contribution is -2.16. The van der Waals surface area contributed by atoms with Crippen molar-refractivity contribution >= 4 is 0 Å². The third-order valence-electron chi connectivity index (χ3n) is 2.63. The minimum absolute atomic E-state index is 0.149. The van der Waals surface area contributed by atoms with E-state index < -0.39 is 0 Å². The second-order valence-corrected chi connectivity index (χ2v) is 4.11. The summed E-state index contributed by atoms with van der Waals surface area (Å²) in [6.07, 6.45) is 4.02. The molecule has 1 aliphatic rings. The summed E-state index contributed by atoms with van der Waals surface area (Å²) in [6.45, 7) is 0.623. The number of rotatable bonds is 4. The first-order valence-corrected chi connectivity index (χ1v) is 5.56. The van der Waals surface area contributed by atoms with Crippen molar-refractivity contribution in [1.29, 1.82) is 0 Å². The molecule has 0 atom stereocenters. The monoisotopic (exact) mass is 232 g/mol. The minimum atomic E-state index is -0.149. The number of aromatic amines is 1. The molecule has 6 nitrogen and oxygen atoms in total. The number of hydrogen-bond donors (Lipinski definition) is 2. The fraction of sp³-hybridized carbons (Fsp3) is 0.364. The lowest BCUT2D eigenvalue weighted by atomic mass is 10.3. The zero-order valence-electron chi connectivity index (χ0n) is 9.14. The van der Waals surface area contributed by atoms with Crippen molar-refractivity contribution in [2.45, 2.75) is 25.4 Å². The van der Waals surface area contributed by atoms with Crippen molar-refractivity contribution < 1.29 is 4.52 Å². The Bertz CT molecular complexity index is 550. The van der Waals surface area contributed by atoms with E-state index in [2.05, 4.69) is 20.4 Å². The summed E-state index contributed by atoms with van der Waals surface area (Å²) >= 11 is 0. The highest BCUT2D eigenvalue weighted by atomic mass is 16.5. The second-order valence-electron chi connectivity index (χ2n) is 4.11. The van der Waals surface area contributed by atoms with Crippen LogP contribution in [0.1, 0.15) is 18.7 Å². The number of aromatic nitrogens is 3. The molecule has 2 aromatic heterocycles. The lowest BCUT2D eigenvalue weighted by molar-refractivity contribution is 0.419. The van der Waals surface area contributed by atoms with E-state index in [1.807, 2.05) is 0 Å². The summed E-state index contributed by atoms with van der Waals surface area (Å²) in [5, 5.41) is 7.18. The van der Waals surface area contributed by atoms with Gasteiger partial charge in [0.25, 0.3) is 5.89 Å². The highest BCUT2D eigenvalue weighted by Gasteiger charge is 2.21. The van der Waals surface area contributed by atoms with Crippen LogP contribution in [0.4, 0.5) is 0 Å². The molecule has 0 aliphatic heterocycles. The maximum absolute atomic E-state index is 10.9. The predicted octanol–water partition coefficient (Wildman–Crippen LogP) is 0.677. The van der Waals surface area contributed by atoms with Gasteiger partial charge in [-0.3, -0.25) is 4.79 Å². The summed E-state index contributed by atoms with van der Waals surface area (Å²) in [5.74, 6) is 1.06. The Balaban J connectivity index is 1.74. The molecule has 0 aromatic carbocycles. The fourth-order valence-corrected chi connectivity index (χ4v) is 1.51. The van der Waals surface area contributed by atoms with Gasteiger partial charge in [-0.15, -0.1) is 0 Å². The topological polar surface area (TPSA) is 83.8 Å². The number of nitrogens with one attached hydrogen (secondary N) is 2. The summed E-state index contributed by atoms with van der Waals surface area (Å²) in [4.78, 5) is 17.7. The number of hydrogen-bond acceptors (Lipinski definition) is 5. The van der Waals surface area contributed by atoms with E-state index in [1.165, 1.54) is 18.9 Å². The van der Waals surface area contributed by atoms with Gasteiger partial charge in [-0.1, -0.05) is 5.16 Å². The third kappa shape index (κ3) is 2.42. The summed E-state index contributed by atoms with van der Waals surface area (Å²) in [7, 11) is 0. The molecule has 3 rings (SSSR count). The van der Waals surface area contributed by atoms with Gasteiger partial charge in [0.2, 0.25) is 5.56 Å². The van der Waals surface area contributed by atoms with Crippen LogP contribution in [0.3, 0.4) is 0 Å². The predicted molar refractivity (Wildman–Crippen MR) is 60.2 cm³/mol. The molecule has 6 heteroatoms. The van der Waals surface area contributed by atoms with E-state index in [-0.39, 0.29) is 5.56 Å². The Kier molecular flexibility index (Phi) is 2.49. The van der Waals surface area contributed by atoms with Gasteiger partial charge >= 0.3 is 0 Å². The van der Waals surface area contributed by atoms with Crippen molar-refractivity contribution in [3.63, 3.8) is 0 Å². The maximum Gasteiger partial charge on any atom is 0.259 e. The number of H-pyrrole nitrogens is 1.